The van der Waals surface area contributed by atoms with Crippen LogP contribution in [0.2, 0.25) is 0 Å². The van der Waals surface area contributed by atoms with Crippen LogP contribution in [0.1, 0.15) is 34.1 Å². The number of hydrogen-bond acceptors (Lipinski definition) is 2. The maximum absolute atomic E-state index is 11.1. The van der Waals surface area contributed by atoms with Gasteiger partial charge >= 0.3 is 5.97 Å². The molecular weight excluding hydrogens is 202 g/mol. The van der Waals surface area contributed by atoms with Crippen LogP contribution >= 0.6 is 0 Å². The summed E-state index contributed by atoms with van der Waals surface area (Å²) in [6.07, 6.45) is 4.10. The van der Waals surface area contributed by atoms with Gasteiger partial charge in [-0.1, -0.05) is 6.08 Å². The van der Waals surface area contributed by atoms with Gasteiger partial charge in [0.25, 0.3) is 0 Å². The van der Waals surface area contributed by atoms with Crippen LogP contribution in [0.4, 0.5) is 0 Å². The predicted molar refractivity (Wildman–Crippen MR) is 67.1 cm³/mol. The number of nitrogens with zero attached hydrogens (tertiary/aromatic N) is 1. The van der Waals surface area contributed by atoms with Crippen molar-refractivity contribution >= 4 is 5.97 Å². The molecule has 0 rings (SSSR count). The fraction of sp³-hybridized carbons (Fsp3) is 0.769. The van der Waals surface area contributed by atoms with Gasteiger partial charge in [0.1, 0.15) is 0 Å². The van der Waals surface area contributed by atoms with Gasteiger partial charge < -0.3 is 9.22 Å². The van der Waals surface area contributed by atoms with Gasteiger partial charge in [0.15, 0.2) is 0 Å². The summed E-state index contributed by atoms with van der Waals surface area (Å²) in [5.41, 5.74) is 0. The third-order valence-electron chi connectivity index (χ3n) is 3.34. The highest BCUT2D eigenvalue weighted by atomic mass is 16.5. The van der Waals surface area contributed by atoms with Crippen LogP contribution in [-0.2, 0) is 9.53 Å². The van der Waals surface area contributed by atoms with Crippen molar-refractivity contribution in [3.63, 3.8) is 0 Å². The van der Waals surface area contributed by atoms with Crippen molar-refractivity contribution in [1.29, 1.82) is 0 Å². The minimum Gasteiger partial charge on any atom is -0.462 e. The number of ether oxygens (including phenoxy) is 1. The Balaban J connectivity index is 3.83. The Morgan fingerprint density at radius 1 is 1.19 bits per heavy atom. The average molecular weight is 228 g/mol. The molecule has 0 atom stereocenters. The minimum absolute atomic E-state index is 0.231. The second kappa shape index (κ2) is 8.34. The van der Waals surface area contributed by atoms with Crippen LogP contribution in [0.3, 0.4) is 0 Å². The number of quaternary nitrogens is 1. The predicted octanol–water partition coefficient (Wildman–Crippen LogP) is 2.37. The van der Waals surface area contributed by atoms with E-state index in [1.54, 1.807) is 6.08 Å². The molecule has 0 spiro atoms. The molecule has 0 radical (unpaired) electrons. The second-order valence-corrected chi connectivity index (χ2v) is 4.03. The molecule has 0 amide bonds. The van der Waals surface area contributed by atoms with Crippen molar-refractivity contribution in [2.45, 2.75) is 34.1 Å². The van der Waals surface area contributed by atoms with Crippen LogP contribution in [0.5, 0.6) is 0 Å². The van der Waals surface area contributed by atoms with Gasteiger partial charge in [0, 0.05) is 12.5 Å². The van der Waals surface area contributed by atoms with Crippen molar-refractivity contribution in [3.05, 3.63) is 12.2 Å². The first-order valence-electron chi connectivity index (χ1n) is 6.28. The van der Waals surface area contributed by atoms with Gasteiger partial charge in [-0.05, 0) is 27.7 Å². The zero-order valence-electron chi connectivity index (χ0n) is 11.2. The summed E-state index contributed by atoms with van der Waals surface area (Å²) >= 11 is 0. The van der Waals surface area contributed by atoms with Crippen LogP contribution in [0, 0.1) is 0 Å². The molecule has 0 saturated carbocycles. The third kappa shape index (κ3) is 5.31. The minimum atomic E-state index is -0.231. The summed E-state index contributed by atoms with van der Waals surface area (Å²) in [6.45, 7) is 13.5. The quantitative estimate of drug-likeness (QED) is 0.276. The molecule has 0 heterocycles. The molecule has 0 bridgehead atoms. The number of allylic oxidation sites excluding steroid dienone is 1. The molecular formula is C13H26NO2+. The van der Waals surface area contributed by atoms with Crippen LogP contribution < -0.4 is 0 Å². The van der Waals surface area contributed by atoms with Crippen molar-refractivity contribution in [3.8, 4) is 0 Å². The van der Waals surface area contributed by atoms with Gasteiger partial charge in [-0.25, -0.2) is 4.79 Å². The topological polar surface area (TPSA) is 26.3 Å². The van der Waals surface area contributed by atoms with E-state index in [2.05, 4.69) is 20.8 Å². The molecule has 94 valence electrons. The zero-order chi connectivity index (χ0) is 12.4. The first-order chi connectivity index (χ1) is 7.64. The van der Waals surface area contributed by atoms with Gasteiger partial charge in [-0.2, -0.15) is 0 Å². The monoisotopic (exact) mass is 228 g/mol. The maximum atomic E-state index is 11.1. The lowest BCUT2D eigenvalue weighted by molar-refractivity contribution is -0.923. The van der Waals surface area contributed by atoms with E-state index in [4.69, 9.17) is 4.74 Å². The number of carbonyl (C=O) groups is 1. The molecule has 0 aromatic carbocycles. The molecule has 16 heavy (non-hydrogen) atoms. The molecule has 3 heteroatoms. The number of esters is 1. The molecule has 0 aliphatic carbocycles. The SMILES string of the molecule is CC=CC(=O)OCCC[N+](CC)(CC)CC. The number of carbonyl (C=O) groups excluding carboxylic acids is 1. The molecule has 0 unspecified atom stereocenters. The van der Waals surface area contributed by atoms with Crippen LogP contribution in [-0.4, -0.2) is 43.2 Å². The lowest BCUT2D eigenvalue weighted by Crippen LogP contribution is -2.48. The molecule has 0 saturated heterocycles. The first kappa shape index (κ1) is 15.2. The van der Waals surface area contributed by atoms with Crippen LogP contribution in [0.25, 0.3) is 0 Å². The van der Waals surface area contributed by atoms with E-state index >= 15 is 0 Å². The molecule has 3 nitrogen and oxygen atoms in total. The Morgan fingerprint density at radius 3 is 2.19 bits per heavy atom. The van der Waals surface area contributed by atoms with Gasteiger partial charge in [0.05, 0.1) is 32.8 Å². The second-order valence-electron chi connectivity index (χ2n) is 4.03. The van der Waals surface area contributed by atoms with Crippen molar-refractivity contribution in [2.75, 3.05) is 32.8 Å². The highest BCUT2D eigenvalue weighted by Crippen LogP contribution is 2.07. The Labute approximate surface area is 99.7 Å². The average Bonchev–Trinajstić information content (AvgIpc) is 2.31. The first-order valence-corrected chi connectivity index (χ1v) is 6.28. The lowest BCUT2D eigenvalue weighted by Gasteiger charge is -2.35. The van der Waals surface area contributed by atoms with Crippen LogP contribution in [0.15, 0.2) is 12.2 Å². The highest BCUT2D eigenvalue weighted by molar-refractivity contribution is 5.81. The highest BCUT2D eigenvalue weighted by Gasteiger charge is 2.19. The van der Waals surface area contributed by atoms with E-state index in [9.17, 15) is 4.79 Å². The standard InChI is InChI=1S/C13H26NO2/c1-5-10-13(15)16-12-9-11-14(6-2,7-3)8-4/h5,10H,6-9,11-12H2,1-4H3/q+1. The summed E-state index contributed by atoms with van der Waals surface area (Å²) in [7, 11) is 0. The van der Waals surface area contributed by atoms with E-state index < -0.39 is 0 Å². The van der Waals surface area contributed by atoms with Crippen molar-refractivity contribution in [1.82, 2.24) is 0 Å². The Bertz CT molecular complexity index is 212. The maximum Gasteiger partial charge on any atom is 0.330 e. The number of rotatable bonds is 8. The summed E-state index contributed by atoms with van der Waals surface area (Å²) in [4.78, 5) is 11.1. The molecule has 0 aliphatic heterocycles. The smallest absolute Gasteiger partial charge is 0.330 e. The fourth-order valence-corrected chi connectivity index (χ4v) is 1.90. The van der Waals surface area contributed by atoms with Gasteiger partial charge in [-0.3, -0.25) is 0 Å². The molecule has 0 aromatic heterocycles. The summed E-state index contributed by atoms with van der Waals surface area (Å²) in [5, 5.41) is 0. The molecule has 0 fully saturated rings. The summed E-state index contributed by atoms with van der Waals surface area (Å²) < 4.78 is 6.19. The van der Waals surface area contributed by atoms with E-state index in [0.29, 0.717) is 6.61 Å². The molecule has 0 aromatic rings. The summed E-state index contributed by atoms with van der Waals surface area (Å²) in [6, 6.07) is 0. The third-order valence-corrected chi connectivity index (χ3v) is 3.34. The van der Waals surface area contributed by atoms with Crippen molar-refractivity contribution < 1.29 is 14.0 Å². The van der Waals surface area contributed by atoms with Crippen molar-refractivity contribution in [2.24, 2.45) is 0 Å². The number of hydrogen-bond donors (Lipinski definition) is 0. The Morgan fingerprint density at radius 2 is 1.75 bits per heavy atom. The Hall–Kier alpha value is -0.830. The lowest BCUT2D eigenvalue weighted by atomic mass is 10.3. The Kier molecular flexibility index (Phi) is 7.90. The largest absolute Gasteiger partial charge is 0.462 e. The van der Waals surface area contributed by atoms with E-state index in [1.807, 2.05) is 6.92 Å². The zero-order valence-corrected chi connectivity index (χ0v) is 11.2. The van der Waals surface area contributed by atoms with Gasteiger partial charge in [-0.15, -0.1) is 0 Å². The molecule has 0 aliphatic rings. The molecule has 0 N–H and O–H groups in total. The fourth-order valence-electron chi connectivity index (χ4n) is 1.90. The van der Waals surface area contributed by atoms with E-state index in [1.165, 1.54) is 6.08 Å². The summed E-state index contributed by atoms with van der Waals surface area (Å²) in [5.74, 6) is -0.231. The van der Waals surface area contributed by atoms with E-state index in [-0.39, 0.29) is 5.97 Å². The van der Waals surface area contributed by atoms with Gasteiger partial charge in [0.2, 0.25) is 0 Å². The van der Waals surface area contributed by atoms with E-state index in [0.717, 1.165) is 37.1 Å². The normalized spacial score (nSPS) is 12.0.